The van der Waals surface area contributed by atoms with E-state index in [1.54, 1.807) is 37.8 Å². The maximum absolute atomic E-state index is 14.7. The molecular formula is C55H77N9O9S. The third-order valence-electron chi connectivity index (χ3n) is 13.8. The summed E-state index contributed by atoms with van der Waals surface area (Å²) in [5, 5.41) is 21.1. The number of nitrogens with zero attached hydrogens (tertiary/aromatic N) is 4. The summed E-state index contributed by atoms with van der Waals surface area (Å²) in [5.41, 5.74) is 6.29. The lowest BCUT2D eigenvalue weighted by Crippen LogP contribution is -2.60. The molecule has 18 nitrogen and oxygen atoms in total. The van der Waals surface area contributed by atoms with Crippen LogP contribution in [0, 0.1) is 19.3 Å². The number of aromatic amines is 1. The first-order chi connectivity index (χ1) is 35.3. The summed E-state index contributed by atoms with van der Waals surface area (Å²) in [6.07, 6.45) is 4.65. The first-order valence-corrected chi connectivity index (χ1v) is 27.3. The summed E-state index contributed by atoms with van der Waals surface area (Å²) < 4.78 is 56.0. The molecule has 1 aliphatic heterocycles. The maximum Gasteiger partial charge on any atom is 0.243 e. The van der Waals surface area contributed by atoms with E-state index in [0.717, 1.165) is 47.2 Å². The molecule has 5 aromatic rings. The van der Waals surface area contributed by atoms with E-state index in [2.05, 4.69) is 81.3 Å². The number of H-pyrrole nitrogens is 1. The standard InChI is InChI=1S/C55H77N9O9S/c1-35(56-10)32-57-49(54(4,5)6)53(66)64-33-40-28-41(19-18-39(40)29-46(64)52(65)60-44-17-13-15-38-14-11-12-16-42(38)44)72-26-24-70-22-20-69-21-23-71-25-27-73-47-31-45-43(30-48(47)74(67,68)55(7,8)9)51(59-34-58-45)61-50-36(2)37(3)62-63-50/h11-12,14,16,18-19,28,30-31,34-35,44,46,49,56-57H,13,15,17,20-27,29,32-33H2,1-10H3,(H,60,65)(H2,58,59,61,62,63)/t35-,44+,46-,49+/m0/s1. The van der Waals surface area contributed by atoms with Gasteiger partial charge in [0.15, 0.2) is 15.7 Å². The number of carbonyl (C=O) groups excluding carboxylic acids is 2. The van der Waals surface area contributed by atoms with E-state index in [1.165, 1.54) is 11.9 Å². The topological polar surface area (TPSA) is 220 Å². The Hall–Kier alpha value is -5.70. The summed E-state index contributed by atoms with van der Waals surface area (Å²) in [5.74, 6) is 1.61. The van der Waals surface area contributed by atoms with Crippen molar-refractivity contribution in [1.29, 1.82) is 0 Å². The van der Waals surface area contributed by atoms with Crippen LogP contribution in [-0.2, 0) is 53.0 Å². The van der Waals surface area contributed by atoms with Crippen molar-refractivity contribution in [3.8, 4) is 11.5 Å². The van der Waals surface area contributed by atoms with Crippen molar-refractivity contribution in [2.24, 2.45) is 5.41 Å². The highest BCUT2D eigenvalue weighted by atomic mass is 32.2. The molecule has 2 amide bonds. The predicted molar refractivity (Wildman–Crippen MR) is 286 cm³/mol. The molecule has 0 spiro atoms. The zero-order chi connectivity index (χ0) is 53.2. The molecule has 2 aliphatic rings. The molecule has 0 unspecified atom stereocenters. The number of carbonyl (C=O) groups is 2. The number of anilines is 2. The summed E-state index contributed by atoms with van der Waals surface area (Å²) in [4.78, 5) is 39.7. The largest absolute Gasteiger partial charge is 0.491 e. The molecular weight excluding hydrogens is 963 g/mol. The van der Waals surface area contributed by atoms with Gasteiger partial charge in [-0.25, -0.2) is 18.4 Å². The molecule has 2 aromatic heterocycles. The second-order valence-electron chi connectivity index (χ2n) is 21.3. The molecule has 5 N–H and O–H groups in total. The van der Waals surface area contributed by atoms with Crippen LogP contribution in [0.15, 0.2) is 65.8 Å². The van der Waals surface area contributed by atoms with Crippen molar-refractivity contribution in [3.05, 3.63) is 94.4 Å². The third kappa shape index (κ3) is 13.8. The van der Waals surface area contributed by atoms with E-state index >= 15 is 0 Å². The molecule has 0 fully saturated rings. The minimum absolute atomic E-state index is 0.0345. The monoisotopic (exact) mass is 1040 g/mol. The average molecular weight is 1040 g/mol. The van der Waals surface area contributed by atoms with E-state index in [1.807, 2.05) is 51.2 Å². The number of sulfone groups is 1. The van der Waals surface area contributed by atoms with Gasteiger partial charge < -0.3 is 49.9 Å². The highest BCUT2D eigenvalue weighted by molar-refractivity contribution is 7.92. The second kappa shape index (κ2) is 24.8. The Morgan fingerprint density at radius 3 is 2.19 bits per heavy atom. The van der Waals surface area contributed by atoms with Gasteiger partial charge in [-0.15, -0.1) is 0 Å². The molecule has 1 aliphatic carbocycles. The number of likely N-dealkylation sites (N-methyl/N-ethyl adjacent to an activating group) is 1. The van der Waals surface area contributed by atoms with Gasteiger partial charge in [-0.05, 0) is 114 Å². The van der Waals surface area contributed by atoms with E-state index in [0.29, 0.717) is 80.9 Å². The molecule has 0 saturated heterocycles. The van der Waals surface area contributed by atoms with E-state index in [4.69, 9.17) is 23.7 Å². The summed E-state index contributed by atoms with van der Waals surface area (Å²) in [7, 11) is -1.94. The molecule has 0 radical (unpaired) electrons. The number of aryl methyl sites for hydroxylation is 2. The van der Waals surface area contributed by atoms with Crippen molar-refractivity contribution >= 4 is 44.2 Å². The fraction of sp³-hybridized carbons (Fsp3) is 0.545. The van der Waals surface area contributed by atoms with Crippen molar-refractivity contribution in [2.45, 2.75) is 128 Å². The number of aromatic nitrogens is 4. The van der Waals surface area contributed by atoms with Gasteiger partial charge in [0.2, 0.25) is 11.8 Å². The Kier molecular flexibility index (Phi) is 18.8. The number of hydrogen-bond donors (Lipinski definition) is 5. The molecule has 7 rings (SSSR count). The number of ether oxygens (including phenoxy) is 5. The van der Waals surface area contributed by atoms with Crippen LogP contribution < -0.4 is 30.7 Å². The number of fused-ring (bicyclic) bond motifs is 3. The molecule has 0 bridgehead atoms. The minimum atomic E-state index is -3.84. The first kappa shape index (κ1) is 56.0. The van der Waals surface area contributed by atoms with Gasteiger partial charge in [0.05, 0.1) is 62.0 Å². The smallest absolute Gasteiger partial charge is 0.243 e. The number of hydrogen-bond acceptors (Lipinski definition) is 15. The van der Waals surface area contributed by atoms with Gasteiger partial charge in [0.1, 0.15) is 47.8 Å². The van der Waals surface area contributed by atoms with Gasteiger partial charge in [0, 0.05) is 48.3 Å². The molecule has 4 atom stereocenters. The van der Waals surface area contributed by atoms with E-state index in [9.17, 15) is 18.0 Å². The van der Waals surface area contributed by atoms with Crippen LogP contribution in [-0.4, -0.2) is 135 Å². The Morgan fingerprint density at radius 2 is 1.53 bits per heavy atom. The Bertz CT molecular complexity index is 2830. The number of nitrogens with one attached hydrogen (secondary N) is 5. The van der Waals surface area contributed by atoms with Gasteiger partial charge in [-0.2, -0.15) is 5.10 Å². The number of amides is 2. The van der Waals surface area contributed by atoms with Crippen molar-refractivity contribution in [3.63, 3.8) is 0 Å². The van der Waals surface area contributed by atoms with Crippen LogP contribution >= 0.6 is 0 Å². The summed E-state index contributed by atoms with van der Waals surface area (Å²) in [6, 6.07) is 16.2. The lowest BCUT2D eigenvalue weighted by atomic mass is 9.83. The van der Waals surface area contributed by atoms with Crippen molar-refractivity contribution < 1.29 is 41.7 Å². The fourth-order valence-corrected chi connectivity index (χ4v) is 10.4. The zero-order valence-corrected chi connectivity index (χ0v) is 45.7. The van der Waals surface area contributed by atoms with Crippen LogP contribution in [0.3, 0.4) is 0 Å². The van der Waals surface area contributed by atoms with Crippen LogP contribution in [0.5, 0.6) is 11.5 Å². The van der Waals surface area contributed by atoms with Gasteiger partial charge in [-0.1, -0.05) is 51.1 Å². The third-order valence-corrected chi connectivity index (χ3v) is 16.3. The van der Waals surface area contributed by atoms with E-state index in [-0.39, 0.29) is 54.3 Å². The minimum Gasteiger partial charge on any atom is -0.491 e. The van der Waals surface area contributed by atoms with Crippen LogP contribution in [0.1, 0.15) is 101 Å². The van der Waals surface area contributed by atoms with Crippen LogP contribution in [0.4, 0.5) is 11.6 Å². The lowest BCUT2D eigenvalue weighted by Gasteiger charge is -2.42. The Balaban J connectivity index is 0.864. The van der Waals surface area contributed by atoms with Crippen LogP contribution in [0.2, 0.25) is 0 Å². The quantitative estimate of drug-likeness (QED) is 0.0399. The average Bonchev–Trinajstić information content (AvgIpc) is 3.68. The molecule has 3 heterocycles. The highest BCUT2D eigenvalue weighted by Crippen LogP contribution is 2.38. The first-order valence-electron chi connectivity index (χ1n) is 25.8. The molecule has 3 aromatic carbocycles. The van der Waals surface area contributed by atoms with Crippen molar-refractivity contribution in [1.82, 2.24) is 41.0 Å². The van der Waals surface area contributed by atoms with Gasteiger partial charge >= 0.3 is 0 Å². The Morgan fingerprint density at radius 1 is 0.838 bits per heavy atom. The zero-order valence-electron chi connectivity index (χ0n) is 44.9. The summed E-state index contributed by atoms with van der Waals surface area (Å²) in [6.45, 7) is 20.2. The second-order valence-corrected chi connectivity index (χ2v) is 24.0. The normalized spacial score (nSPS) is 16.8. The van der Waals surface area contributed by atoms with Crippen LogP contribution in [0.25, 0.3) is 10.9 Å². The maximum atomic E-state index is 14.7. The lowest BCUT2D eigenvalue weighted by molar-refractivity contribution is -0.146. The van der Waals surface area contributed by atoms with E-state index < -0.39 is 32.1 Å². The summed E-state index contributed by atoms with van der Waals surface area (Å²) >= 11 is 0. The molecule has 0 saturated carbocycles. The molecule has 74 heavy (non-hydrogen) atoms. The highest BCUT2D eigenvalue weighted by Gasteiger charge is 2.42. The predicted octanol–water partition coefficient (Wildman–Crippen LogP) is 6.85. The SMILES string of the molecule is CN[C@@H](C)CN[C@H](C(=O)N1Cc2cc(OCCOCCOCCOCCOc3cc4ncnc(Nc5n[nH]c(C)c5C)c4cc3S(=O)(=O)C(C)(C)C)ccc2C[C@H]1C(=O)N[C@@H]1CCCc2ccccc21)C(C)(C)C. The molecule has 402 valence electrons. The van der Waals surface area contributed by atoms with Gasteiger partial charge in [-0.3, -0.25) is 14.7 Å². The number of rotatable bonds is 24. The fourth-order valence-electron chi connectivity index (χ4n) is 9.12. The van der Waals surface area contributed by atoms with Crippen molar-refractivity contribution in [2.75, 3.05) is 71.8 Å². The molecule has 19 heteroatoms. The number of benzene rings is 3. The Labute approximate surface area is 436 Å². The van der Waals surface area contributed by atoms with Gasteiger partial charge in [0.25, 0.3) is 0 Å².